The van der Waals surface area contributed by atoms with Crippen molar-refractivity contribution < 1.29 is 9.59 Å². The number of nitrogens with zero attached hydrogens (tertiary/aromatic N) is 2. The van der Waals surface area contributed by atoms with Gasteiger partial charge in [0.05, 0.1) is 5.69 Å². The lowest BCUT2D eigenvalue weighted by molar-refractivity contribution is 0.0831. The van der Waals surface area contributed by atoms with E-state index in [-0.39, 0.29) is 5.91 Å². The third-order valence-electron chi connectivity index (χ3n) is 2.72. The van der Waals surface area contributed by atoms with Crippen LogP contribution >= 0.6 is 22.9 Å². The van der Waals surface area contributed by atoms with Gasteiger partial charge in [-0.25, -0.2) is 9.78 Å². The summed E-state index contributed by atoms with van der Waals surface area (Å²) in [7, 11) is 3.34. The quantitative estimate of drug-likeness (QED) is 0.900. The molecule has 0 unspecified atom stereocenters. The number of aromatic nitrogens is 1. The molecule has 0 fully saturated rings. The topological polar surface area (TPSA) is 74.3 Å². The fourth-order valence-electron chi connectivity index (χ4n) is 1.64. The van der Waals surface area contributed by atoms with Crippen LogP contribution in [0.15, 0.2) is 24.3 Å². The average Bonchev–Trinajstić information content (AvgIpc) is 2.80. The first-order valence-corrected chi connectivity index (χ1v) is 7.59. The molecule has 0 aliphatic carbocycles. The molecule has 0 saturated heterocycles. The maximum absolute atomic E-state index is 11.9. The third kappa shape index (κ3) is 3.96. The Morgan fingerprint density at radius 2 is 1.82 bits per heavy atom. The summed E-state index contributed by atoms with van der Waals surface area (Å²) in [6.07, 6.45) is 0. The zero-order valence-electron chi connectivity index (χ0n) is 12.3. The van der Waals surface area contributed by atoms with Gasteiger partial charge >= 0.3 is 6.03 Å². The molecular weight excluding hydrogens is 324 g/mol. The Labute approximate surface area is 137 Å². The van der Waals surface area contributed by atoms with Crippen LogP contribution in [0.4, 0.5) is 15.6 Å². The third-order valence-corrected chi connectivity index (χ3v) is 4.03. The highest BCUT2D eigenvalue weighted by Crippen LogP contribution is 2.23. The van der Waals surface area contributed by atoms with Crippen molar-refractivity contribution in [2.45, 2.75) is 6.92 Å². The minimum atomic E-state index is -0.431. The highest BCUT2D eigenvalue weighted by molar-refractivity contribution is 7.17. The van der Waals surface area contributed by atoms with Crippen molar-refractivity contribution in [3.05, 3.63) is 39.9 Å². The largest absolute Gasteiger partial charge is 0.344 e. The van der Waals surface area contributed by atoms with Crippen molar-refractivity contribution in [2.24, 2.45) is 0 Å². The zero-order chi connectivity index (χ0) is 16.3. The van der Waals surface area contributed by atoms with Crippen LogP contribution in [0, 0.1) is 6.92 Å². The molecule has 116 valence electrons. The van der Waals surface area contributed by atoms with Gasteiger partial charge in [0.1, 0.15) is 4.88 Å². The molecule has 22 heavy (non-hydrogen) atoms. The summed E-state index contributed by atoms with van der Waals surface area (Å²) in [6.45, 7) is 1.73. The molecule has 2 rings (SSSR count). The summed E-state index contributed by atoms with van der Waals surface area (Å²) in [5.41, 5.74) is 1.20. The number of hydrogen-bond acceptors (Lipinski definition) is 4. The second-order valence-corrected chi connectivity index (χ2v) is 6.15. The molecule has 1 aromatic carbocycles. The summed E-state index contributed by atoms with van der Waals surface area (Å²) in [5.74, 6) is -0.138. The highest BCUT2D eigenvalue weighted by atomic mass is 35.5. The lowest BCUT2D eigenvalue weighted by atomic mass is 10.3. The number of anilines is 2. The number of carbonyl (C=O) groups is 2. The number of rotatable bonds is 3. The van der Waals surface area contributed by atoms with E-state index in [1.54, 1.807) is 45.3 Å². The molecule has 2 aromatic rings. The van der Waals surface area contributed by atoms with Gasteiger partial charge in [0.15, 0.2) is 5.13 Å². The Hall–Kier alpha value is -2.12. The Morgan fingerprint density at radius 3 is 2.41 bits per heavy atom. The fraction of sp³-hybridized carbons (Fsp3) is 0.214. The van der Waals surface area contributed by atoms with Gasteiger partial charge in [-0.15, -0.1) is 0 Å². The molecular formula is C14H15ClN4O2S. The molecule has 0 radical (unpaired) electrons. The molecule has 6 nitrogen and oxygen atoms in total. The van der Waals surface area contributed by atoms with E-state index in [2.05, 4.69) is 15.6 Å². The van der Waals surface area contributed by atoms with E-state index in [4.69, 9.17) is 11.6 Å². The first kappa shape index (κ1) is 16.3. The van der Waals surface area contributed by atoms with E-state index >= 15 is 0 Å². The molecule has 0 aliphatic heterocycles. The maximum atomic E-state index is 11.9. The highest BCUT2D eigenvalue weighted by Gasteiger charge is 2.17. The summed E-state index contributed by atoms with van der Waals surface area (Å²) in [4.78, 5) is 30.0. The van der Waals surface area contributed by atoms with Crippen molar-refractivity contribution in [3.8, 4) is 0 Å². The molecule has 8 heteroatoms. The molecule has 1 aromatic heterocycles. The van der Waals surface area contributed by atoms with Crippen LogP contribution in [-0.4, -0.2) is 35.9 Å². The van der Waals surface area contributed by atoms with E-state index < -0.39 is 6.03 Å². The fourth-order valence-corrected chi connectivity index (χ4v) is 2.75. The number of hydrogen-bond donors (Lipinski definition) is 2. The van der Waals surface area contributed by atoms with Crippen molar-refractivity contribution in [3.63, 3.8) is 0 Å². The van der Waals surface area contributed by atoms with E-state index in [0.29, 0.717) is 26.4 Å². The van der Waals surface area contributed by atoms with Gasteiger partial charge in [0, 0.05) is 24.8 Å². The van der Waals surface area contributed by atoms with Crippen molar-refractivity contribution in [1.82, 2.24) is 9.88 Å². The van der Waals surface area contributed by atoms with Gasteiger partial charge in [-0.3, -0.25) is 10.1 Å². The molecule has 0 spiro atoms. The number of urea groups is 1. The second kappa shape index (κ2) is 6.76. The number of nitrogens with one attached hydrogen (secondary N) is 2. The van der Waals surface area contributed by atoms with Crippen LogP contribution in [0.1, 0.15) is 15.4 Å². The number of carbonyl (C=O) groups excluding carboxylic acids is 2. The van der Waals surface area contributed by atoms with Gasteiger partial charge in [-0.05, 0) is 31.2 Å². The van der Waals surface area contributed by atoms with Gasteiger partial charge in [-0.1, -0.05) is 22.9 Å². The lowest BCUT2D eigenvalue weighted by Gasteiger charge is -2.07. The summed E-state index contributed by atoms with van der Waals surface area (Å²) < 4.78 is 0. The van der Waals surface area contributed by atoms with Crippen molar-refractivity contribution in [1.29, 1.82) is 0 Å². The molecule has 2 N–H and O–H groups in total. The van der Waals surface area contributed by atoms with Gasteiger partial charge in [0.2, 0.25) is 0 Å². The van der Waals surface area contributed by atoms with E-state index in [1.165, 1.54) is 4.90 Å². The van der Waals surface area contributed by atoms with Gasteiger partial charge < -0.3 is 10.2 Å². The number of amides is 3. The molecule has 0 saturated carbocycles. The minimum absolute atomic E-state index is 0.138. The zero-order valence-corrected chi connectivity index (χ0v) is 13.9. The number of benzene rings is 1. The van der Waals surface area contributed by atoms with E-state index in [0.717, 1.165) is 11.3 Å². The number of halogens is 1. The van der Waals surface area contributed by atoms with E-state index in [9.17, 15) is 9.59 Å². The Morgan fingerprint density at radius 1 is 1.18 bits per heavy atom. The Kier molecular flexibility index (Phi) is 4.99. The first-order valence-electron chi connectivity index (χ1n) is 6.39. The molecule has 3 amide bonds. The van der Waals surface area contributed by atoms with Crippen LogP contribution in [0.3, 0.4) is 0 Å². The summed E-state index contributed by atoms with van der Waals surface area (Å²) in [5, 5.41) is 6.24. The normalized spacial score (nSPS) is 10.2. The van der Waals surface area contributed by atoms with Crippen molar-refractivity contribution in [2.75, 3.05) is 24.7 Å². The molecule has 0 aliphatic rings. The Balaban J connectivity index is 2.04. The minimum Gasteiger partial charge on any atom is -0.344 e. The van der Waals surface area contributed by atoms with Gasteiger partial charge in [-0.2, -0.15) is 0 Å². The Bertz CT molecular complexity index is 697. The smallest absolute Gasteiger partial charge is 0.325 e. The predicted molar refractivity (Wildman–Crippen MR) is 89.0 cm³/mol. The van der Waals surface area contributed by atoms with Crippen LogP contribution < -0.4 is 10.6 Å². The average molecular weight is 339 g/mol. The SMILES string of the molecule is Cc1nc(NC(=O)Nc2ccc(Cl)cc2)sc1C(=O)N(C)C. The number of aryl methyl sites for hydroxylation is 1. The first-order chi connectivity index (χ1) is 10.4. The predicted octanol–water partition coefficient (Wildman–Crippen LogP) is 3.45. The summed E-state index contributed by atoms with van der Waals surface area (Å²) in [6, 6.07) is 6.31. The van der Waals surface area contributed by atoms with Crippen LogP contribution in [0.5, 0.6) is 0 Å². The monoisotopic (exact) mass is 338 g/mol. The van der Waals surface area contributed by atoms with Crippen molar-refractivity contribution >= 4 is 45.7 Å². The number of thiazole rings is 1. The van der Waals surface area contributed by atoms with Gasteiger partial charge in [0.25, 0.3) is 5.91 Å². The maximum Gasteiger partial charge on any atom is 0.325 e. The standard InChI is InChI=1S/C14H15ClN4O2S/c1-8-11(12(20)19(2)3)22-14(16-8)18-13(21)17-10-6-4-9(15)5-7-10/h4-7H,1-3H3,(H2,16,17,18,21). The van der Waals surface area contributed by atoms with Crippen LogP contribution in [0.25, 0.3) is 0 Å². The summed E-state index contributed by atoms with van der Waals surface area (Å²) >= 11 is 6.92. The van der Waals surface area contributed by atoms with Crippen LogP contribution in [0.2, 0.25) is 5.02 Å². The molecule has 0 atom stereocenters. The van der Waals surface area contributed by atoms with E-state index in [1.807, 2.05) is 0 Å². The second-order valence-electron chi connectivity index (χ2n) is 4.72. The lowest BCUT2D eigenvalue weighted by Crippen LogP contribution is -2.21. The molecule has 1 heterocycles. The molecule has 0 bridgehead atoms. The van der Waals surface area contributed by atoms with Crippen LogP contribution in [-0.2, 0) is 0 Å².